The first kappa shape index (κ1) is 16.2. The number of para-hydroxylation sites is 1. The summed E-state index contributed by atoms with van der Waals surface area (Å²) in [4.78, 5) is 4.92. The van der Waals surface area contributed by atoms with Gasteiger partial charge in [-0.3, -0.25) is 0 Å². The van der Waals surface area contributed by atoms with Gasteiger partial charge < -0.3 is 15.4 Å². The second-order valence-electron chi connectivity index (χ2n) is 6.74. The fourth-order valence-corrected chi connectivity index (χ4v) is 3.72. The smallest absolute Gasteiger partial charge is 0.121 e. The highest BCUT2D eigenvalue weighted by Crippen LogP contribution is 2.49. The van der Waals surface area contributed by atoms with E-state index in [0.717, 1.165) is 12.3 Å². The first-order chi connectivity index (χ1) is 10.9. The van der Waals surface area contributed by atoms with Gasteiger partial charge in [-0.05, 0) is 44.0 Å². The number of benzene rings is 2. The summed E-state index contributed by atoms with van der Waals surface area (Å²) in [6.45, 7) is 7.27. The lowest BCUT2D eigenvalue weighted by molar-refractivity contribution is 0.352. The summed E-state index contributed by atoms with van der Waals surface area (Å²) in [6.07, 6.45) is 0. The van der Waals surface area contributed by atoms with Gasteiger partial charge in [0.25, 0.3) is 0 Å². The topological polar surface area (TPSA) is 38.5 Å². The molecule has 0 saturated heterocycles. The first-order valence-corrected chi connectivity index (χ1v) is 8.73. The van der Waals surface area contributed by atoms with Crippen LogP contribution in [0.25, 0.3) is 0 Å². The van der Waals surface area contributed by atoms with Gasteiger partial charge in [0.05, 0.1) is 18.5 Å². The number of methoxy groups -OCH3 is 1. The molecule has 0 radical (unpaired) electrons. The van der Waals surface area contributed by atoms with Crippen molar-refractivity contribution in [2.24, 2.45) is 11.7 Å². The van der Waals surface area contributed by atoms with Crippen molar-refractivity contribution in [1.29, 1.82) is 0 Å². The third kappa shape index (κ3) is 3.19. The maximum Gasteiger partial charge on any atom is 0.121 e. The zero-order valence-electron chi connectivity index (χ0n) is 14.2. The molecule has 1 heterocycles. The second kappa shape index (κ2) is 6.10. The summed E-state index contributed by atoms with van der Waals surface area (Å²) in [5.74, 6) is 1.23. The molecule has 0 aliphatic carbocycles. The van der Waals surface area contributed by atoms with Crippen molar-refractivity contribution in [2.75, 3.05) is 18.6 Å². The Morgan fingerprint density at radius 3 is 2.52 bits per heavy atom. The summed E-state index contributed by atoms with van der Waals surface area (Å²) in [6, 6.07) is 14.8. The Morgan fingerprint density at radius 1 is 1.13 bits per heavy atom. The lowest BCUT2D eigenvalue weighted by Gasteiger charge is -2.38. The first-order valence-electron chi connectivity index (χ1n) is 7.91. The number of rotatable bonds is 4. The van der Waals surface area contributed by atoms with E-state index in [1.165, 1.54) is 21.2 Å². The molecule has 3 rings (SSSR count). The van der Waals surface area contributed by atoms with Gasteiger partial charge in [0.2, 0.25) is 0 Å². The molecule has 2 aromatic rings. The van der Waals surface area contributed by atoms with E-state index in [1.807, 2.05) is 17.8 Å². The van der Waals surface area contributed by atoms with E-state index in [9.17, 15) is 0 Å². The van der Waals surface area contributed by atoms with Crippen LogP contribution in [0.2, 0.25) is 0 Å². The Labute approximate surface area is 142 Å². The molecule has 0 saturated carbocycles. The van der Waals surface area contributed by atoms with Crippen molar-refractivity contribution < 1.29 is 4.74 Å². The third-order valence-corrected chi connectivity index (χ3v) is 5.69. The molecule has 0 bridgehead atoms. The fourth-order valence-electron chi connectivity index (χ4n) is 2.64. The summed E-state index contributed by atoms with van der Waals surface area (Å²) in [5, 5.41) is 0. The van der Waals surface area contributed by atoms with Crippen LogP contribution >= 0.6 is 11.8 Å². The Morgan fingerprint density at radius 2 is 1.83 bits per heavy atom. The highest BCUT2D eigenvalue weighted by atomic mass is 32.2. The van der Waals surface area contributed by atoms with E-state index >= 15 is 0 Å². The Bertz CT molecular complexity index is 709. The quantitative estimate of drug-likeness (QED) is 0.885. The Kier molecular flexibility index (Phi) is 4.30. The van der Waals surface area contributed by atoms with Gasteiger partial charge in [-0.25, -0.2) is 0 Å². The summed E-state index contributed by atoms with van der Waals surface area (Å²) in [7, 11) is 1.71. The van der Waals surface area contributed by atoms with Crippen molar-refractivity contribution in [2.45, 2.75) is 36.1 Å². The van der Waals surface area contributed by atoms with Crippen LogP contribution in [0.3, 0.4) is 0 Å². The molecule has 0 fully saturated rings. The molecule has 0 spiro atoms. The third-order valence-electron chi connectivity index (χ3n) is 4.56. The number of hydrogen-bond donors (Lipinski definition) is 1. The van der Waals surface area contributed by atoms with Gasteiger partial charge in [-0.2, -0.15) is 0 Å². The van der Waals surface area contributed by atoms with Gasteiger partial charge in [-0.1, -0.05) is 30.8 Å². The lowest BCUT2D eigenvalue weighted by Crippen LogP contribution is -2.44. The fraction of sp³-hybridized carbons (Fsp3) is 0.368. The monoisotopic (exact) mass is 328 g/mol. The molecule has 2 N–H and O–H groups in total. The maximum absolute atomic E-state index is 6.34. The average Bonchev–Trinajstić information content (AvgIpc) is 2.53. The zero-order chi connectivity index (χ0) is 16.6. The Balaban J connectivity index is 2.06. The van der Waals surface area contributed by atoms with Crippen LogP contribution in [-0.2, 0) is 0 Å². The molecule has 0 aromatic heterocycles. The molecular weight excluding hydrogens is 304 g/mol. The molecule has 1 unspecified atom stereocenters. The van der Waals surface area contributed by atoms with Crippen molar-refractivity contribution in [1.82, 2.24) is 0 Å². The minimum atomic E-state index is -0.224. The number of hydrogen-bond acceptors (Lipinski definition) is 4. The molecule has 3 nitrogen and oxygen atoms in total. The molecule has 1 aliphatic heterocycles. The summed E-state index contributed by atoms with van der Waals surface area (Å²) >= 11 is 1.81. The van der Waals surface area contributed by atoms with E-state index < -0.39 is 0 Å². The Hall–Kier alpha value is -1.65. The van der Waals surface area contributed by atoms with E-state index in [2.05, 4.69) is 62.1 Å². The molecular formula is C19H24N2OS. The highest BCUT2D eigenvalue weighted by molar-refractivity contribution is 7.99. The molecule has 0 amide bonds. The van der Waals surface area contributed by atoms with Crippen LogP contribution in [-0.4, -0.2) is 19.2 Å². The zero-order valence-corrected chi connectivity index (χ0v) is 15.0. The number of anilines is 2. The maximum atomic E-state index is 6.34. The molecule has 1 aliphatic rings. The van der Waals surface area contributed by atoms with E-state index in [-0.39, 0.29) is 5.54 Å². The number of nitrogens with two attached hydrogens (primary N) is 1. The van der Waals surface area contributed by atoms with Gasteiger partial charge >= 0.3 is 0 Å². The van der Waals surface area contributed by atoms with E-state index in [0.29, 0.717) is 5.92 Å². The van der Waals surface area contributed by atoms with Crippen LogP contribution in [0.4, 0.5) is 11.4 Å². The van der Waals surface area contributed by atoms with Gasteiger partial charge in [0.1, 0.15) is 5.75 Å². The summed E-state index contributed by atoms with van der Waals surface area (Å²) in [5.41, 5.74) is 8.56. The van der Waals surface area contributed by atoms with Crippen LogP contribution in [0.5, 0.6) is 5.75 Å². The van der Waals surface area contributed by atoms with Gasteiger partial charge in [0, 0.05) is 27.9 Å². The van der Waals surface area contributed by atoms with Crippen molar-refractivity contribution in [3.05, 3.63) is 42.5 Å². The number of ether oxygens (including phenoxy) is 1. The second-order valence-corrected chi connectivity index (χ2v) is 7.82. The van der Waals surface area contributed by atoms with Crippen molar-refractivity contribution >= 4 is 23.1 Å². The average molecular weight is 328 g/mol. The van der Waals surface area contributed by atoms with Crippen LogP contribution in [0.15, 0.2) is 52.3 Å². The van der Waals surface area contributed by atoms with Crippen LogP contribution in [0, 0.1) is 5.92 Å². The molecule has 23 heavy (non-hydrogen) atoms. The predicted molar refractivity (Wildman–Crippen MR) is 98.0 cm³/mol. The normalized spacial score (nSPS) is 14.9. The van der Waals surface area contributed by atoms with E-state index in [1.54, 1.807) is 7.11 Å². The highest BCUT2D eigenvalue weighted by Gasteiger charge is 2.29. The molecule has 122 valence electrons. The number of fused-ring (bicyclic) bond motifs is 2. The SMILES string of the molecule is COc1ccc2c(c1)N(CC(C)C(C)(C)N)c1ccccc1S2. The molecule has 4 heteroatoms. The standard InChI is InChI=1S/C19H24N2OS/c1-13(19(2,3)20)12-21-15-7-5-6-8-17(15)23-18-10-9-14(22-4)11-16(18)21/h5-11,13H,12,20H2,1-4H3. The molecule has 1 atom stereocenters. The molecule has 2 aromatic carbocycles. The minimum Gasteiger partial charge on any atom is -0.497 e. The van der Waals surface area contributed by atoms with Crippen LogP contribution < -0.4 is 15.4 Å². The minimum absolute atomic E-state index is 0.224. The van der Waals surface area contributed by atoms with E-state index in [4.69, 9.17) is 10.5 Å². The van der Waals surface area contributed by atoms with Gasteiger partial charge in [-0.15, -0.1) is 0 Å². The largest absolute Gasteiger partial charge is 0.497 e. The van der Waals surface area contributed by atoms with Crippen LogP contribution in [0.1, 0.15) is 20.8 Å². The number of nitrogens with zero attached hydrogens (tertiary/aromatic N) is 1. The predicted octanol–water partition coefficient (Wildman–Crippen LogP) is 4.67. The summed E-state index contributed by atoms with van der Waals surface area (Å²) < 4.78 is 5.43. The van der Waals surface area contributed by atoms with Crippen molar-refractivity contribution in [3.8, 4) is 5.75 Å². The van der Waals surface area contributed by atoms with Gasteiger partial charge in [0.15, 0.2) is 0 Å². The van der Waals surface area contributed by atoms with Crippen molar-refractivity contribution in [3.63, 3.8) is 0 Å². The lowest BCUT2D eigenvalue weighted by atomic mass is 9.89.